The molecule has 1 amide bonds. The summed E-state index contributed by atoms with van der Waals surface area (Å²) in [5.41, 5.74) is 0. The molecule has 0 aliphatic heterocycles. The zero-order valence-corrected chi connectivity index (χ0v) is 11.2. The van der Waals surface area contributed by atoms with Crippen LogP contribution in [-0.4, -0.2) is 31.4 Å². The highest BCUT2D eigenvalue weighted by Crippen LogP contribution is 2.20. The van der Waals surface area contributed by atoms with E-state index in [4.69, 9.17) is 11.6 Å². The lowest BCUT2D eigenvalue weighted by Gasteiger charge is -2.09. The predicted molar refractivity (Wildman–Crippen MR) is 69.0 cm³/mol. The molecule has 0 aliphatic carbocycles. The van der Waals surface area contributed by atoms with Crippen molar-refractivity contribution in [3.05, 3.63) is 21.3 Å². The second kappa shape index (κ2) is 6.89. The molecule has 3 nitrogen and oxygen atoms in total. The number of carbonyl (C=O) groups excluding carboxylic acids is 1. The fraction of sp³-hybridized carbons (Fsp3) is 0.545. The maximum Gasteiger partial charge on any atom is 0.222 e. The minimum absolute atomic E-state index is 0.181. The lowest BCUT2D eigenvalue weighted by atomic mass is 10.3. The molecule has 1 N–H and O–H groups in total. The van der Waals surface area contributed by atoms with Gasteiger partial charge in [-0.15, -0.1) is 11.3 Å². The van der Waals surface area contributed by atoms with Gasteiger partial charge in [-0.05, 0) is 25.1 Å². The van der Waals surface area contributed by atoms with Gasteiger partial charge in [-0.3, -0.25) is 4.79 Å². The van der Waals surface area contributed by atoms with Gasteiger partial charge >= 0.3 is 0 Å². The molecule has 1 rings (SSSR count). The summed E-state index contributed by atoms with van der Waals surface area (Å²) in [4.78, 5) is 14.1. The first-order chi connectivity index (χ1) is 7.59. The van der Waals surface area contributed by atoms with Crippen LogP contribution in [0.25, 0.3) is 0 Å². The number of nitrogens with zero attached hydrogens (tertiary/aromatic N) is 1. The summed E-state index contributed by atoms with van der Waals surface area (Å²) in [6.45, 7) is 1.68. The largest absolute Gasteiger partial charge is 0.349 e. The second-order valence-electron chi connectivity index (χ2n) is 3.77. The Kier molecular flexibility index (Phi) is 5.80. The number of carbonyl (C=O) groups is 1. The van der Waals surface area contributed by atoms with Crippen LogP contribution in [0.2, 0.25) is 4.34 Å². The number of thiophene rings is 1. The topological polar surface area (TPSA) is 32.3 Å². The van der Waals surface area contributed by atoms with Crippen LogP contribution < -0.4 is 5.32 Å². The molecule has 16 heavy (non-hydrogen) atoms. The van der Waals surface area contributed by atoms with Crippen molar-refractivity contribution in [2.75, 3.05) is 20.6 Å². The van der Waals surface area contributed by atoms with Gasteiger partial charge in [0.15, 0.2) is 0 Å². The molecule has 0 aliphatic rings. The van der Waals surface area contributed by atoms with Crippen molar-refractivity contribution in [1.29, 1.82) is 0 Å². The number of rotatable bonds is 6. The van der Waals surface area contributed by atoms with Crippen LogP contribution in [0, 0.1) is 0 Å². The first-order valence-corrected chi connectivity index (χ1v) is 6.44. The zero-order chi connectivity index (χ0) is 12.0. The maximum atomic E-state index is 11.3. The van der Waals surface area contributed by atoms with E-state index in [1.165, 1.54) is 4.88 Å². The van der Waals surface area contributed by atoms with E-state index in [1.54, 1.807) is 30.3 Å². The van der Waals surface area contributed by atoms with Gasteiger partial charge in [0.2, 0.25) is 5.91 Å². The molecule has 0 spiro atoms. The Labute approximate surface area is 105 Å². The Bertz CT molecular complexity index is 338. The standard InChI is InChI=1S/C11H17ClN2OS/c1-14(2)11(15)4-3-7-13-8-9-5-6-10(12)16-9/h5-6,13H,3-4,7-8H2,1-2H3. The van der Waals surface area contributed by atoms with E-state index in [2.05, 4.69) is 5.32 Å². The molecule has 0 radical (unpaired) electrons. The molecule has 1 aromatic heterocycles. The first-order valence-electron chi connectivity index (χ1n) is 5.24. The number of halogens is 1. The first kappa shape index (κ1) is 13.5. The quantitative estimate of drug-likeness (QED) is 0.797. The Morgan fingerprint density at radius 2 is 2.25 bits per heavy atom. The van der Waals surface area contributed by atoms with Crippen LogP contribution in [-0.2, 0) is 11.3 Å². The van der Waals surface area contributed by atoms with Gasteiger partial charge in [-0.1, -0.05) is 11.6 Å². The molecule has 0 aromatic carbocycles. The SMILES string of the molecule is CN(C)C(=O)CCCNCc1ccc(Cl)s1. The Balaban J connectivity index is 2.06. The zero-order valence-electron chi connectivity index (χ0n) is 9.62. The summed E-state index contributed by atoms with van der Waals surface area (Å²) in [5, 5.41) is 3.29. The van der Waals surface area contributed by atoms with E-state index in [-0.39, 0.29) is 5.91 Å². The third-order valence-corrected chi connectivity index (χ3v) is 3.40. The average molecular weight is 261 g/mol. The van der Waals surface area contributed by atoms with Crippen molar-refractivity contribution in [2.45, 2.75) is 19.4 Å². The molecule has 5 heteroatoms. The lowest BCUT2D eigenvalue weighted by molar-refractivity contribution is -0.128. The monoisotopic (exact) mass is 260 g/mol. The minimum atomic E-state index is 0.181. The number of hydrogen-bond acceptors (Lipinski definition) is 3. The molecular weight excluding hydrogens is 244 g/mol. The van der Waals surface area contributed by atoms with Crippen molar-refractivity contribution < 1.29 is 4.79 Å². The molecular formula is C11H17ClN2OS. The van der Waals surface area contributed by atoms with Crippen LogP contribution in [0.1, 0.15) is 17.7 Å². The van der Waals surface area contributed by atoms with Gasteiger partial charge in [0.25, 0.3) is 0 Å². The van der Waals surface area contributed by atoms with E-state index in [9.17, 15) is 4.79 Å². The van der Waals surface area contributed by atoms with Gasteiger partial charge in [0.05, 0.1) is 4.34 Å². The summed E-state index contributed by atoms with van der Waals surface area (Å²) < 4.78 is 0.819. The van der Waals surface area contributed by atoms with Gasteiger partial charge in [0, 0.05) is 31.9 Å². The normalized spacial score (nSPS) is 10.4. The van der Waals surface area contributed by atoms with Crippen molar-refractivity contribution >= 4 is 28.8 Å². The summed E-state index contributed by atoms with van der Waals surface area (Å²) in [6.07, 6.45) is 1.47. The Morgan fingerprint density at radius 3 is 2.81 bits per heavy atom. The summed E-state index contributed by atoms with van der Waals surface area (Å²) in [6, 6.07) is 3.92. The van der Waals surface area contributed by atoms with Gasteiger partial charge in [-0.25, -0.2) is 0 Å². The molecule has 1 heterocycles. The van der Waals surface area contributed by atoms with Crippen LogP contribution in [0.5, 0.6) is 0 Å². The second-order valence-corrected chi connectivity index (χ2v) is 5.57. The molecule has 90 valence electrons. The molecule has 0 saturated carbocycles. The highest BCUT2D eigenvalue weighted by molar-refractivity contribution is 7.16. The van der Waals surface area contributed by atoms with Crippen LogP contribution in [0.4, 0.5) is 0 Å². The lowest BCUT2D eigenvalue weighted by Crippen LogP contribution is -2.23. The van der Waals surface area contributed by atoms with E-state index < -0.39 is 0 Å². The van der Waals surface area contributed by atoms with Gasteiger partial charge in [0.1, 0.15) is 0 Å². The highest BCUT2D eigenvalue weighted by atomic mass is 35.5. The van der Waals surface area contributed by atoms with E-state index in [0.717, 1.165) is 23.8 Å². The minimum Gasteiger partial charge on any atom is -0.349 e. The van der Waals surface area contributed by atoms with Crippen LogP contribution >= 0.6 is 22.9 Å². The molecule has 0 fully saturated rings. The van der Waals surface area contributed by atoms with Crippen molar-refractivity contribution in [3.8, 4) is 0 Å². The number of hydrogen-bond donors (Lipinski definition) is 1. The van der Waals surface area contributed by atoms with Crippen molar-refractivity contribution in [3.63, 3.8) is 0 Å². The molecule has 0 unspecified atom stereocenters. The summed E-state index contributed by atoms with van der Waals surface area (Å²) in [7, 11) is 3.56. The van der Waals surface area contributed by atoms with E-state index in [1.807, 2.05) is 12.1 Å². The fourth-order valence-electron chi connectivity index (χ4n) is 1.25. The summed E-state index contributed by atoms with van der Waals surface area (Å²) >= 11 is 7.40. The Morgan fingerprint density at radius 1 is 1.50 bits per heavy atom. The third-order valence-electron chi connectivity index (χ3n) is 2.17. The van der Waals surface area contributed by atoms with Gasteiger partial charge in [-0.2, -0.15) is 0 Å². The smallest absolute Gasteiger partial charge is 0.222 e. The molecule has 0 atom stereocenters. The fourth-order valence-corrected chi connectivity index (χ4v) is 2.30. The highest BCUT2D eigenvalue weighted by Gasteiger charge is 2.02. The summed E-state index contributed by atoms with van der Waals surface area (Å²) in [5.74, 6) is 0.181. The number of nitrogens with one attached hydrogen (secondary N) is 1. The predicted octanol–water partition coefficient (Wildman–Crippen LogP) is 2.36. The van der Waals surface area contributed by atoms with E-state index in [0.29, 0.717) is 6.42 Å². The van der Waals surface area contributed by atoms with E-state index >= 15 is 0 Å². The van der Waals surface area contributed by atoms with Gasteiger partial charge < -0.3 is 10.2 Å². The van der Waals surface area contributed by atoms with Crippen LogP contribution in [0.15, 0.2) is 12.1 Å². The van der Waals surface area contributed by atoms with Crippen molar-refractivity contribution in [2.24, 2.45) is 0 Å². The van der Waals surface area contributed by atoms with Crippen LogP contribution in [0.3, 0.4) is 0 Å². The van der Waals surface area contributed by atoms with Crippen molar-refractivity contribution in [1.82, 2.24) is 10.2 Å². The molecule has 0 bridgehead atoms. The third kappa shape index (κ3) is 4.96. The molecule has 1 aromatic rings. The Hall–Kier alpha value is -0.580. The number of amides is 1. The molecule has 0 saturated heterocycles. The average Bonchev–Trinajstić information content (AvgIpc) is 2.63. The maximum absolute atomic E-state index is 11.3.